The van der Waals surface area contributed by atoms with Crippen molar-refractivity contribution < 1.29 is 4.79 Å². The predicted molar refractivity (Wildman–Crippen MR) is 88.2 cm³/mol. The van der Waals surface area contributed by atoms with E-state index in [-0.39, 0.29) is 5.91 Å². The van der Waals surface area contributed by atoms with Gasteiger partial charge in [0.15, 0.2) is 0 Å². The fourth-order valence-electron chi connectivity index (χ4n) is 3.17. The molecule has 0 unspecified atom stereocenters. The Bertz CT molecular complexity index is 433. The van der Waals surface area contributed by atoms with Crippen molar-refractivity contribution in [3.63, 3.8) is 0 Å². The second-order valence-electron chi connectivity index (χ2n) is 6.30. The highest BCUT2D eigenvalue weighted by Crippen LogP contribution is 2.25. The first-order valence-electron chi connectivity index (χ1n) is 8.25. The maximum absolute atomic E-state index is 11.0. The zero-order valence-electron chi connectivity index (χ0n) is 13.3. The Balaban J connectivity index is 1.80. The van der Waals surface area contributed by atoms with Crippen LogP contribution in [0.2, 0.25) is 0 Å². The van der Waals surface area contributed by atoms with E-state index in [0.29, 0.717) is 6.04 Å². The number of benzene rings is 1. The summed E-state index contributed by atoms with van der Waals surface area (Å²) in [7, 11) is 0. The second kappa shape index (κ2) is 8.18. The number of carbonyl (C=O) groups excluding carboxylic acids is 1. The van der Waals surface area contributed by atoms with Crippen LogP contribution in [-0.2, 0) is 11.3 Å². The third kappa shape index (κ3) is 5.50. The number of anilines is 1. The number of amides is 1. The molecule has 1 saturated carbocycles. The minimum Gasteiger partial charge on any atom is -0.326 e. The molecule has 0 aliphatic heterocycles. The highest BCUT2D eigenvalue weighted by atomic mass is 16.1. The van der Waals surface area contributed by atoms with Crippen molar-refractivity contribution in [2.75, 3.05) is 5.32 Å². The first kappa shape index (κ1) is 16.0. The summed E-state index contributed by atoms with van der Waals surface area (Å²) >= 11 is 0. The van der Waals surface area contributed by atoms with Crippen molar-refractivity contribution >= 4 is 11.6 Å². The lowest BCUT2D eigenvalue weighted by atomic mass is 9.93. The zero-order valence-corrected chi connectivity index (χ0v) is 13.3. The number of hydrogen-bond donors (Lipinski definition) is 2. The van der Waals surface area contributed by atoms with Crippen LogP contribution in [0.1, 0.15) is 57.9 Å². The molecule has 0 radical (unpaired) electrons. The third-order valence-electron chi connectivity index (χ3n) is 4.51. The molecule has 0 saturated heterocycles. The van der Waals surface area contributed by atoms with Gasteiger partial charge in [-0.25, -0.2) is 0 Å². The Morgan fingerprint density at radius 2 is 1.76 bits per heavy atom. The van der Waals surface area contributed by atoms with Gasteiger partial charge in [-0.2, -0.15) is 0 Å². The molecule has 1 aliphatic rings. The maximum Gasteiger partial charge on any atom is 0.221 e. The highest BCUT2D eigenvalue weighted by molar-refractivity contribution is 5.88. The molecule has 3 heteroatoms. The molecule has 0 spiro atoms. The molecule has 1 fully saturated rings. The fourth-order valence-corrected chi connectivity index (χ4v) is 3.17. The van der Waals surface area contributed by atoms with E-state index in [1.165, 1.54) is 51.0 Å². The minimum atomic E-state index is -0.0251. The van der Waals surface area contributed by atoms with E-state index >= 15 is 0 Å². The summed E-state index contributed by atoms with van der Waals surface area (Å²) < 4.78 is 0. The smallest absolute Gasteiger partial charge is 0.221 e. The van der Waals surface area contributed by atoms with Gasteiger partial charge < -0.3 is 10.6 Å². The van der Waals surface area contributed by atoms with Gasteiger partial charge >= 0.3 is 0 Å². The molecule has 1 aliphatic carbocycles. The SMILES string of the molecule is CC(=O)Nc1ccc(CN[C@H](C)C2CCCCCC2)cc1. The minimum absolute atomic E-state index is 0.0251. The molecule has 3 nitrogen and oxygen atoms in total. The van der Waals surface area contributed by atoms with Crippen molar-refractivity contribution in [2.24, 2.45) is 5.92 Å². The van der Waals surface area contributed by atoms with Crippen LogP contribution in [0.3, 0.4) is 0 Å². The van der Waals surface area contributed by atoms with Crippen LogP contribution in [0.4, 0.5) is 5.69 Å². The number of hydrogen-bond acceptors (Lipinski definition) is 2. The van der Waals surface area contributed by atoms with E-state index in [0.717, 1.165) is 18.2 Å². The third-order valence-corrected chi connectivity index (χ3v) is 4.51. The first-order chi connectivity index (χ1) is 10.1. The first-order valence-corrected chi connectivity index (χ1v) is 8.25. The lowest BCUT2D eigenvalue weighted by molar-refractivity contribution is -0.114. The molecule has 2 N–H and O–H groups in total. The average Bonchev–Trinajstić information content (AvgIpc) is 2.75. The van der Waals surface area contributed by atoms with Gasteiger partial charge in [0.1, 0.15) is 0 Å². The van der Waals surface area contributed by atoms with Crippen molar-refractivity contribution in [1.82, 2.24) is 5.32 Å². The molecule has 2 rings (SSSR count). The molecule has 116 valence electrons. The zero-order chi connectivity index (χ0) is 15.1. The summed E-state index contributed by atoms with van der Waals surface area (Å²) in [6.45, 7) is 4.75. The van der Waals surface area contributed by atoms with Crippen LogP contribution >= 0.6 is 0 Å². The number of carbonyl (C=O) groups is 1. The molecule has 0 bridgehead atoms. The summed E-state index contributed by atoms with van der Waals surface area (Å²) in [4.78, 5) is 11.0. The lowest BCUT2D eigenvalue weighted by Crippen LogP contribution is -2.32. The lowest BCUT2D eigenvalue weighted by Gasteiger charge is -2.23. The molecular formula is C18H28N2O. The average molecular weight is 288 g/mol. The number of nitrogens with one attached hydrogen (secondary N) is 2. The Morgan fingerprint density at radius 3 is 2.33 bits per heavy atom. The van der Waals surface area contributed by atoms with Crippen LogP contribution in [0.15, 0.2) is 24.3 Å². The molecule has 0 heterocycles. The predicted octanol–water partition coefficient (Wildman–Crippen LogP) is 4.09. The van der Waals surface area contributed by atoms with Gasteiger partial charge in [-0.15, -0.1) is 0 Å². The summed E-state index contributed by atoms with van der Waals surface area (Å²) in [5.74, 6) is 0.800. The van der Waals surface area contributed by atoms with Gasteiger partial charge in [0.25, 0.3) is 0 Å². The normalized spacial score (nSPS) is 18.0. The molecule has 21 heavy (non-hydrogen) atoms. The van der Waals surface area contributed by atoms with Gasteiger partial charge in [0, 0.05) is 25.2 Å². The van der Waals surface area contributed by atoms with Crippen LogP contribution < -0.4 is 10.6 Å². The van der Waals surface area contributed by atoms with Gasteiger partial charge in [-0.3, -0.25) is 4.79 Å². The summed E-state index contributed by atoms with van der Waals surface area (Å²) in [6, 6.07) is 8.68. The fraction of sp³-hybridized carbons (Fsp3) is 0.611. The highest BCUT2D eigenvalue weighted by Gasteiger charge is 2.18. The largest absolute Gasteiger partial charge is 0.326 e. The molecular weight excluding hydrogens is 260 g/mol. The van der Waals surface area contributed by atoms with Gasteiger partial charge in [0.2, 0.25) is 5.91 Å². The second-order valence-corrected chi connectivity index (χ2v) is 6.30. The standard InChI is InChI=1S/C18H28N2O/c1-14(17-7-5-3-4-6-8-17)19-13-16-9-11-18(12-10-16)20-15(2)21/h9-12,14,17,19H,3-8,13H2,1-2H3,(H,20,21)/t14-/m1/s1. The maximum atomic E-state index is 11.0. The Hall–Kier alpha value is -1.35. The molecule has 1 aromatic rings. The number of rotatable bonds is 5. The van der Waals surface area contributed by atoms with Crippen LogP contribution in [0.25, 0.3) is 0 Å². The van der Waals surface area contributed by atoms with Gasteiger partial charge in [-0.1, -0.05) is 37.8 Å². The molecule has 1 aromatic carbocycles. The van der Waals surface area contributed by atoms with Crippen LogP contribution in [0, 0.1) is 5.92 Å². The van der Waals surface area contributed by atoms with E-state index in [9.17, 15) is 4.79 Å². The van der Waals surface area contributed by atoms with Crippen molar-refractivity contribution in [3.05, 3.63) is 29.8 Å². The van der Waals surface area contributed by atoms with E-state index in [2.05, 4.69) is 29.7 Å². The Morgan fingerprint density at radius 1 is 1.14 bits per heavy atom. The van der Waals surface area contributed by atoms with Crippen LogP contribution in [-0.4, -0.2) is 11.9 Å². The summed E-state index contributed by atoms with van der Waals surface area (Å²) in [6.07, 6.45) is 8.34. The quantitative estimate of drug-likeness (QED) is 0.801. The van der Waals surface area contributed by atoms with Crippen molar-refractivity contribution in [1.29, 1.82) is 0 Å². The molecule has 0 aromatic heterocycles. The molecule has 1 amide bonds. The van der Waals surface area contributed by atoms with Crippen molar-refractivity contribution in [3.8, 4) is 0 Å². The van der Waals surface area contributed by atoms with Crippen LogP contribution in [0.5, 0.6) is 0 Å². The van der Waals surface area contributed by atoms with E-state index in [1.807, 2.05) is 12.1 Å². The topological polar surface area (TPSA) is 41.1 Å². The Labute approximate surface area is 128 Å². The summed E-state index contributed by atoms with van der Waals surface area (Å²) in [5.41, 5.74) is 2.13. The van der Waals surface area contributed by atoms with Crippen molar-refractivity contribution in [2.45, 2.75) is 65.0 Å². The van der Waals surface area contributed by atoms with E-state index in [1.54, 1.807) is 0 Å². The van der Waals surface area contributed by atoms with Gasteiger partial charge in [0.05, 0.1) is 0 Å². The van der Waals surface area contributed by atoms with E-state index in [4.69, 9.17) is 0 Å². The monoisotopic (exact) mass is 288 g/mol. The Kier molecular flexibility index (Phi) is 6.24. The molecule has 1 atom stereocenters. The van der Waals surface area contributed by atoms with E-state index < -0.39 is 0 Å². The summed E-state index contributed by atoms with van der Waals surface area (Å²) in [5, 5.41) is 6.47. The van der Waals surface area contributed by atoms with Gasteiger partial charge in [-0.05, 0) is 43.4 Å².